The van der Waals surface area contributed by atoms with E-state index in [1.807, 2.05) is 44.2 Å². The van der Waals surface area contributed by atoms with Crippen LogP contribution in [0.2, 0.25) is 5.02 Å². The van der Waals surface area contributed by atoms with Crippen molar-refractivity contribution in [3.63, 3.8) is 0 Å². The van der Waals surface area contributed by atoms with Gasteiger partial charge in [-0.1, -0.05) is 65.7 Å². The van der Waals surface area contributed by atoms with E-state index in [-0.39, 0.29) is 18.0 Å². The fourth-order valence-corrected chi connectivity index (χ4v) is 4.69. The van der Waals surface area contributed by atoms with Gasteiger partial charge < -0.3 is 5.32 Å². The van der Waals surface area contributed by atoms with Crippen molar-refractivity contribution in [1.29, 1.82) is 0 Å². The van der Waals surface area contributed by atoms with E-state index >= 15 is 0 Å². The second kappa shape index (κ2) is 9.32. The highest BCUT2D eigenvalue weighted by molar-refractivity contribution is 7.92. The van der Waals surface area contributed by atoms with Gasteiger partial charge in [-0.05, 0) is 49.2 Å². The monoisotopic (exact) mass is 442 g/mol. The average Bonchev–Trinajstić information content (AvgIpc) is 2.72. The smallest absolute Gasteiger partial charge is 0.264 e. The van der Waals surface area contributed by atoms with E-state index in [4.69, 9.17) is 11.6 Å². The lowest BCUT2D eigenvalue weighted by molar-refractivity contribution is -0.119. The number of carbonyl (C=O) groups excluding carboxylic acids is 1. The Morgan fingerprint density at radius 2 is 1.57 bits per heavy atom. The van der Waals surface area contributed by atoms with Crippen molar-refractivity contribution in [3.05, 3.63) is 94.5 Å². The predicted molar refractivity (Wildman–Crippen MR) is 120 cm³/mol. The molecule has 0 aliphatic rings. The van der Waals surface area contributed by atoms with Crippen LogP contribution in [0.1, 0.15) is 16.7 Å². The van der Waals surface area contributed by atoms with Gasteiger partial charge in [0.25, 0.3) is 10.0 Å². The van der Waals surface area contributed by atoms with E-state index in [2.05, 4.69) is 5.32 Å². The number of carbonyl (C=O) groups is 1. The van der Waals surface area contributed by atoms with Gasteiger partial charge in [0.2, 0.25) is 5.91 Å². The molecule has 7 heteroatoms. The lowest BCUT2D eigenvalue weighted by Gasteiger charge is -2.25. The summed E-state index contributed by atoms with van der Waals surface area (Å²) in [7, 11) is -3.93. The Balaban J connectivity index is 1.88. The molecule has 0 aliphatic carbocycles. The molecule has 3 aromatic carbocycles. The zero-order chi connectivity index (χ0) is 21.7. The molecule has 30 heavy (non-hydrogen) atoms. The third-order valence-electron chi connectivity index (χ3n) is 4.71. The Labute approximate surface area is 182 Å². The molecule has 0 aliphatic heterocycles. The third-order valence-corrected chi connectivity index (χ3v) is 6.86. The van der Waals surface area contributed by atoms with Crippen LogP contribution < -0.4 is 9.62 Å². The van der Waals surface area contributed by atoms with Crippen molar-refractivity contribution in [2.45, 2.75) is 25.3 Å². The van der Waals surface area contributed by atoms with Gasteiger partial charge in [-0.3, -0.25) is 9.10 Å². The van der Waals surface area contributed by atoms with Gasteiger partial charge >= 0.3 is 0 Å². The number of anilines is 1. The molecule has 0 fully saturated rings. The number of nitrogens with one attached hydrogen (secondary N) is 1. The van der Waals surface area contributed by atoms with Crippen LogP contribution in [-0.2, 0) is 21.4 Å². The fourth-order valence-electron chi connectivity index (χ4n) is 3.00. The molecule has 0 atom stereocenters. The molecule has 0 heterocycles. The van der Waals surface area contributed by atoms with E-state index < -0.39 is 15.9 Å². The summed E-state index contributed by atoms with van der Waals surface area (Å²) in [4.78, 5) is 12.8. The van der Waals surface area contributed by atoms with Gasteiger partial charge in [-0.15, -0.1) is 0 Å². The number of nitrogens with zero attached hydrogens (tertiary/aromatic N) is 1. The van der Waals surface area contributed by atoms with Gasteiger partial charge in [0.15, 0.2) is 0 Å². The number of aryl methyl sites for hydroxylation is 2. The van der Waals surface area contributed by atoms with Crippen LogP contribution in [0.25, 0.3) is 0 Å². The Morgan fingerprint density at radius 1 is 0.933 bits per heavy atom. The molecule has 0 saturated carbocycles. The van der Waals surface area contributed by atoms with Crippen LogP contribution in [-0.4, -0.2) is 20.9 Å². The minimum atomic E-state index is -3.93. The Hall–Kier alpha value is -2.83. The maximum absolute atomic E-state index is 13.4. The maximum Gasteiger partial charge on any atom is 0.264 e. The maximum atomic E-state index is 13.4. The summed E-state index contributed by atoms with van der Waals surface area (Å²) < 4.78 is 27.9. The molecule has 5 nitrogen and oxygen atoms in total. The summed E-state index contributed by atoms with van der Waals surface area (Å²) in [5, 5.41) is 3.31. The molecule has 156 valence electrons. The molecule has 0 saturated heterocycles. The number of benzene rings is 3. The highest BCUT2D eigenvalue weighted by atomic mass is 35.5. The van der Waals surface area contributed by atoms with Crippen LogP contribution in [0.3, 0.4) is 0 Å². The average molecular weight is 443 g/mol. The lowest BCUT2D eigenvalue weighted by Crippen LogP contribution is -2.41. The van der Waals surface area contributed by atoms with Crippen LogP contribution in [0.5, 0.6) is 0 Å². The van der Waals surface area contributed by atoms with E-state index in [0.717, 1.165) is 21.0 Å². The zero-order valence-corrected chi connectivity index (χ0v) is 18.4. The number of amides is 1. The van der Waals surface area contributed by atoms with Crippen molar-refractivity contribution < 1.29 is 13.2 Å². The first-order chi connectivity index (χ1) is 14.3. The van der Waals surface area contributed by atoms with Crippen molar-refractivity contribution in [2.24, 2.45) is 0 Å². The minimum absolute atomic E-state index is 0.134. The number of para-hydroxylation sites is 1. The highest BCUT2D eigenvalue weighted by Crippen LogP contribution is 2.26. The van der Waals surface area contributed by atoms with Gasteiger partial charge in [0.1, 0.15) is 6.54 Å². The summed E-state index contributed by atoms with van der Waals surface area (Å²) in [6.07, 6.45) is 0. The summed E-state index contributed by atoms with van der Waals surface area (Å²) in [5.74, 6) is -0.422. The van der Waals surface area contributed by atoms with Crippen LogP contribution in [0, 0.1) is 13.8 Å². The molecule has 1 amide bonds. The number of rotatable bonds is 7. The largest absolute Gasteiger partial charge is 0.350 e. The molecule has 3 rings (SSSR count). The van der Waals surface area contributed by atoms with Crippen LogP contribution in [0.15, 0.2) is 77.7 Å². The second-order valence-corrected chi connectivity index (χ2v) is 9.25. The van der Waals surface area contributed by atoms with Crippen molar-refractivity contribution in [2.75, 3.05) is 10.8 Å². The summed E-state index contributed by atoms with van der Waals surface area (Å²) in [6, 6.07) is 20.9. The van der Waals surface area contributed by atoms with E-state index in [0.29, 0.717) is 10.7 Å². The summed E-state index contributed by atoms with van der Waals surface area (Å²) in [5.41, 5.74) is 2.93. The van der Waals surface area contributed by atoms with E-state index in [1.54, 1.807) is 42.5 Å². The molecule has 0 spiro atoms. The van der Waals surface area contributed by atoms with Crippen molar-refractivity contribution in [1.82, 2.24) is 5.32 Å². The standard InChI is InChI=1S/C23H23ClN2O3S/c1-17-11-13-20(14-12-17)30(28,29)26(22-10-6-3-7-18(22)2)16-23(27)25-15-19-8-4-5-9-21(19)24/h3-14H,15-16H2,1-2H3,(H,25,27). The third kappa shape index (κ3) is 5.01. The molecule has 0 aromatic heterocycles. The minimum Gasteiger partial charge on any atom is -0.350 e. The van der Waals surface area contributed by atoms with Crippen LogP contribution in [0.4, 0.5) is 5.69 Å². The quantitative estimate of drug-likeness (QED) is 0.587. The predicted octanol–water partition coefficient (Wildman–Crippen LogP) is 4.47. The number of hydrogen-bond donors (Lipinski definition) is 1. The number of sulfonamides is 1. The van der Waals surface area contributed by atoms with E-state index in [9.17, 15) is 13.2 Å². The van der Waals surface area contributed by atoms with Crippen molar-refractivity contribution >= 4 is 33.2 Å². The Morgan fingerprint density at radius 3 is 2.23 bits per heavy atom. The Bertz CT molecular complexity index is 1150. The van der Waals surface area contributed by atoms with Gasteiger partial charge in [0, 0.05) is 11.6 Å². The first kappa shape index (κ1) is 21.9. The fraction of sp³-hybridized carbons (Fsp3) is 0.174. The van der Waals surface area contributed by atoms with E-state index in [1.165, 1.54) is 0 Å². The highest BCUT2D eigenvalue weighted by Gasteiger charge is 2.28. The van der Waals surface area contributed by atoms with Crippen molar-refractivity contribution in [3.8, 4) is 0 Å². The number of hydrogen-bond acceptors (Lipinski definition) is 3. The SMILES string of the molecule is Cc1ccc(S(=O)(=O)N(CC(=O)NCc2ccccc2Cl)c2ccccc2C)cc1. The Kier molecular flexibility index (Phi) is 6.80. The zero-order valence-electron chi connectivity index (χ0n) is 16.8. The molecule has 3 aromatic rings. The van der Waals surface area contributed by atoms with Gasteiger partial charge in [-0.2, -0.15) is 0 Å². The first-order valence-corrected chi connectivity index (χ1v) is 11.3. The normalized spacial score (nSPS) is 11.2. The molecule has 0 radical (unpaired) electrons. The summed E-state index contributed by atoms with van der Waals surface area (Å²) >= 11 is 6.14. The summed E-state index contributed by atoms with van der Waals surface area (Å²) in [6.45, 7) is 3.57. The van der Waals surface area contributed by atoms with Gasteiger partial charge in [-0.25, -0.2) is 8.42 Å². The molecule has 1 N–H and O–H groups in total. The molecular weight excluding hydrogens is 420 g/mol. The van der Waals surface area contributed by atoms with Crippen LogP contribution >= 0.6 is 11.6 Å². The number of halogens is 1. The molecule has 0 bridgehead atoms. The second-order valence-electron chi connectivity index (χ2n) is 6.98. The topological polar surface area (TPSA) is 66.5 Å². The lowest BCUT2D eigenvalue weighted by atomic mass is 10.2. The molecule has 0 unspecified atom stereocenters. The van der Waals surface area contributed by atoms with Gasteiger partial charge in [0.05, 0.1) is 10.6 Å². The molecular formula is C23H23ClN2O3S. The first-order valence-electron chi connectivity index (χ1n) is 9.44.